The minimum absolute atomic E-state index is 0.296. The van der Waals surface area contributed by atoms with Gasteiger partial charge < -0.3 is 4.40 Å². The quantitative estimate of drug-likeness (QED) is 0.843. The summed E-state index contributed by atoms with van der Waals surface area (Å²) in [6.07, 6.45) is 7.70. The molecule has 2 aromatic heterocycles. The second-order valence-electron chi connectivity index (χ2n) is 7.31. The summed E-state index contributed by atoms with van der Waals surface area (Å²) in [6, 6.07) is 4.41. The zero-order valence-electron chi connectivity index (χ0n) is 14.2. The summed E-state index contributed by atoms with van der Waals surface area (Å²) in [5.74, 6) is 0.428. The van der Waals surface area contributed by atoms with E-state index < -0.39 is 10.0 Å². The van der Waals surface area contributed by atoms with Gasteiger partial charge in [0.15, 0.2) is 0 Å². The van der Waals surface area contributed by atoms with Crippen LogP contribution in [0.5, 0.6) is 0 Å². The molecule has 0 aromatic carbocycles. The van der Waals surface area contributed by atoms with Gasteiger partial charge in [0.25, 0.3) is 0 Å². The average Bonchev–Trinajstić information content (AvgIpc) is 2.68. The van der Waals surface area contributed by atoms with Gasteiger partial charge in [-0.2, -0.15) is 0 Å². The number of fused-ring (bicyclic) bond motifs is 5. The highest BCUT2D eigenvalue weighted by molar-refractivity contribution is 7.88. The van der Waals surface area contributed by atoms with Gasteiger partial charge in [0.2, 0.25) is 10.0 Å². The molecule has 5 rings (SSSR count). The van der Waals surface area contributed by atoms with Crippen LogP contribution in [0, 0.1) is 12.8 Å². The summed E-state index contributed by atoms with van der Waals surface area (Å²) >= 11 is 0. The lowest BCUT2D eigenvalue weighted by Crippen LogP contribution is -2.43. The molecule has 0 radical (unpaired) electrons. The highest BCUT2D eigenvalue weighted by atomic mass is 32.2. The molecule has 7 heteroatoms. The number of aryl methyl sites for hydroxylation is 1. The number of imidazole rings is 1. The maximum atomic E-state index is 12.0. The third-order valence-corrected chi connectivity index (χ3v) is 6.51. The lowest BCUT2D eigenvalue weighted by Gasteiger charge is -2.35. The summed E-state index contributed by atoms with van der Waals surface area (Å²) in [5.41, 5.74) is 3.23. The van der Waals surface area contributed by atoms with Crippen molar-refractivity contribution in [3.8, 4) is 0 Å². The number of sulfonamides is 1. The molecule has 2 atom stereocenters. The second kappa shape index (κ2) is 5.82. The number of hydrogen-bond donors (Lipinski definition) is 0. The van der Waals surface area contributed by atoms with Crippen LogP contribution < -0.4 is 0 Å². The second-order valence-corrected chi connectivity index (χ2v) is 9.29. The zero-order chi connectivity index (χ0) is 16.9. The molecule has 5 heterocycles. The largest absolute Gasteiger partial charge is 0.307 e. The zero-order valence-corrected chi connectivity index (χ0v) is 15.0. The molecule has 0 saturated carbocycles. The van der Waals surface area contributed by atoms with E-state index in [1.807, 2.05) is 6.07 Å². The molecular formula is C17H24N4O2S. The third kappa shape index (κ3) is 3.08. The van der Waals surface area contributed by atoms with Crippen molar-refractivity contribution in [1.29, 1.82) is 0 Å². The fourth-order valence-electron chi connectivity index (χ4n) is 4.04. The lowest BCUT2D eigenvalue weighted by atomic mass is 9.95. The van der Waals surface area contributed by atoms with Gasteiger partial charge in [-0.3, -0.25) is 4.90 Å². The van der Waals surface area contributed by atoms with Crippen molar-refractivity contribution in [3.05, 3.63) is 35.8 Å². The van der Waals surface area contributed by atoms with Gasteiger partial charge in [0.05, 0.1) is 11.9 Å². The Labute approximate surface area is 143 Å². The van der Waals surface area contributed by atoms with Crippen LogP contribution in [0.1, 0.15) is 24.1 Å². The summed E-state index contributed by atoms with van der Waals surface area (Å²) in [6.45, 7) is 5.10. The van der Waals surface area contributed by atoms with Crippen LogP contribution in [0.15, 0.2) is 24.5 Å². The highest BCUT2D eigenvalue weighted by Crippen LogP contribution is 2.30. The van der Waals surface area contributed by atoms with E-state index in [1.165, 1.54) is 11.8 Å². The van der Waals surface area contributed by atoms with E-state index in [1.54, 1.807) is 4.31 Å². The Bertz CT molecular complexity index is 861. The Kier molecular flexibility index (Phi) is 3.89. The fraction of sp³-hybridized carbons (Fsp3) is 0.588. The number of rotatable bonds is 3. The normalized spacial score (nSPS) is 26.1. The van der Waals surface area contributed by atoms with Crippen LogP contribution in [0.3, 0.4) is 0 Å². The Morgan fingerprint density at radius 2 is 2.00 bits per heavy atom. The molecule has 0 amide bonds. The fourth-order valence-corrected chi connectivity index (χ4v) is 4.96. The van der Waals surface area contributed by atoms with Gasteiger partial charge in [0, 0.05) is 44.6 Å². The van der Waals surface area contributed by atoms with Crippen LogP contribution in [0.2, 0.25) is 0 Å². The van der Waals surface area contributed by atoms with E-state index in [0.29, 0.717) is 25.0 Å². The molecule has 0 unspecified atom stereocenters. The molecule has 6 nitrogen and oxygen atoms in total. The minimum Gasteiger partial charge on any atom is -0.307 e. The molecule has 3 fully saturated rings. The first-order valence-electron chi connectivity index (χ1n) is 8.52. The van der Waals surface area contributed by atoms with Crippen molar-refractivity contribution in [1.82, 2.24) is 18.6 Å². The van der Waals surface area contributed by atoms with Gasteiger partial charge in [-0.1, -0.05) is 6.07 Å². The number of hydrogen-bond acceptors (Lipinski definition) is 4. The smallest absolute Gasteiger partial charge is 0.211 e. The summed E-state index contributed by atoms with van der Waals surface area (Å²) in [7, 11) is -3.11. The van der Waals surface area contributed by atoms with Crippen LogP contribution in [-0.2, 0) is 16.6 Å². The molecular weight excluding hydrogens is 324 g/mol. The van der Waals surface area contributed by atoms with Crippen LogP contribution in [0.25, 0.3) is 5.65 Å². The van der Waals surface area contributed by atoms with E-state index in [-0.39, 0.29) is 0 Å². The number of aromatic nitrogens is 2. The standard InChI is InChI=1S/C17H24N4O2S/c1-13-3-6-17-18-15(11-20(17)7-13)10-19-8-14-4-5-16(19)12-21(9-14)24(2,22)23/h3,6-7,11,14,16H,4-5,8-10,12H2,1-2H3/t14-,16-/m1/s1. The summed E-state index contributed by atoms with van der Waals surface area (Å²) < 4.78 is 27.7. The predicted molar refractivity (Wildman–Crippen MR) is 93.3 cm³/mol. The molecule has 0 aliphatic carbocycles. The molecule has 2 bridgehead atoms. The molecule has 130 valence electrons. The number of nitrogens with zero attached hydrogens (tertiary/aromatic N) is 4. The van der Waals surface area contributed by atoms with E-state index in [0.717, 1.165) is 37.3 Å². The first-order valence-corrected chi connectivity index (χ1v) is 10.4. The minimum atomic E-state index is -3.11. The summed E-state index contributed by atoms with van der Waals surface area (Å²) in [4.78, 5) is 7.14. The van der Waals surface area contributed by atoms with Crippen molar-refractivity contribution in [2.45, 2.75) is 32.4 Å². The Hall–Kier alpha value is -1.44. The Balaban J connectivity index is 1.56. The van der Waals surface area contributed by atoms with Crippen molar-refractivity contribution >= 4 is 15.7 Å². The first-order chi connectivity index (χ1) is 11.4. The molecule has 2 aromatic rings. The molecule has 24 heavy (non-hydrogen) atoms. The van der Waals surface area contributed by atoms with Crippen LogP contribution in [0.4, 0.5) is 0 Å². The maximum absolute atomic E-state index is 12.0. The molecule has 0 spiro atoms. The van der Waals surface area contributed by atoms with E-state index in [2.05, 4.69) is 34.7 Å². The summed E-state index contributed by atoms with van der Waals surface area (Å²) in [5, 5.41) is 0. The molecule has 3 aliphatic heterocycles. The maximum Gasteiger partial charge on any atom is 0.211 e. The van der Waals surface area contributed by atoms with Crippen LogP contribution in [-0.4, -0.2) is 58.9 Å². The number of pyridine rings is 1. The van der Waals surface area contributed by atoms with Crippen LogP contribution >= 0.6 is 0 Å². The molecule has 0 N–H and O–H groups in total. The first kappa shape index (κ1) is 16.1. The van der Waals surface area contributed by atoms with Gasteiger partial charge in [-0.25, -0.2) is 17.7 Å². The van der Waals surface area contributed by atoms with Crippen molar-refractivity contribution < 1.29 is 8.42 Å². The van der Waals surface area contributed by atoms with E-state index >= 15 is 0 Å². The third-order valence-electron chi connectivity index (χ3n) is 5.28. The lowest BCUT2D eigenvalue weighted by molar-refractivity contribution is 0.124. The SMILES string of the molecule is Cc1ccc2nc(CN3C[C@H]4CC[C@@H]3CN(S(C)(=O)=O)C4)cn2c1. The topological polar surface area (TPSA) is 57.9 Å². The van der Waals surface area contributed by atoms with Gasteiger partial charge in [0.1, 0.15) is 5.65 Å². The average molecular weight is 348 g/mol. The van der Waals surface area contributed by atoms with E-state index in [9.17, 15) is 8.42 Å². The van der Waals surface area contributed by atoms with Crippen molar-refractivity contribution in [2.24, 2.45) is 5.92 Å². The van der Waals surface area contributed by atoms with Crippen molar-refractivity contribution in [2.75, 3.05) is 25.9 Å². The van der Waals surface area contributed by atoms with Crippen molar-refractivity contribution in [3.63, 3.8) is 0 Å². The Morgan fingerprint density at radius 1 is 1.17 bits per heavy atom. The molecule has 3 aliphatic rings. The van der Waals surface area contributed by atoms with E-state index in [4.69, 9.17) is 4.98 Å². The number of piperidine rings is 1. The highest BCUT2D eigenvalue weighted by Gasteiger charge is 2.37. The monoisotopic (exact) mass is 348 g/mol. The Morgan fingerprint density at radius 3 is 2.79 bits per heavy atom. The predicted octanol–water partition coefficient (Wildman–Crippen LogP) is 1.50. The van der Waals surface area contributed by atoms with Gasteiger partial charge in [-0.15, -0.1) is 0 Å². The van der Waals surface area contributed by atoms with Gasteiger partial charge in [-0.05, 0) is 37.3 Å². The van der Waals surface area contributed by atoms with Gasteiger partial charge >= 0.3 is 0 Å². The molecule has 3 saturated heterocycles.